The highest BCUT2D eigenvalue weighted by Crippen LogP contribution is 2.17. The van der Waals surface area contributed by atoms with Gasteiger partial charge in [-0.15, -0.1) is 0 Å². The summed E-state index contributed by atoms with van der Waals surface area (Å²) in [6.45, 7) is 0.400. The molecule has 0 aliphatic heterocycles. The number of carbonyl (C=O) groups is 1. The molecule has 0 aromatic heterocycles. The van der Waals surface area contributed by atoms with Crippen molar-refractivity contribution in [2.24, 2.45) is 5.92 Å². The van der Waals surface area contributed by atoms with Gasteiger partial charge in [0.05, 0.1) is 12.5 Å². The topological polar surface area (TPSA) is 46.5 Å². The number of aliphatic carboxylic acids is 1. The number of hydrogen-bond acceptors (Lipinski definition) is 2. The number of rotatable bonds is 7. The van der Waals surface area contributed by atoms with Gasteiger partial charge in [0, 0.05) is 4.47 Å². The Morgan fingerprint density at radius 1 is 1.10 bits per heavy atom. The molecule has 2 aromatic rings. The summed E-state index contributed by atoms with van der Waals surface area (Å²) in [6.07, 6.45) is 1.00. The molecule has 21 heavy (non-hydrogen) atoms. The summed E-state index contributed by atoms with van der Waals surface area (Å²) in [4.78, 5) is 11.3. The molecule has 0 saturated carbocycles. The molecule has 0 heterocycles. The molecule has 1 atom stereocenters. The highest BCUT2D eigenvalue weighted by Gasteiger charge is 2.18. The number of carboxylic acids is 1. The summed E-state index contributed by atoms with van der Waals surface area (Å²) in [5, 5.41) is 9.32. The Morgan fingerprint density at radius 2 is 1.76 bits per heavy atom. The minimum atomic E-state index is -0.783. The largest absolute Gasteiger partial charge is 0.494 e. The van der Waals surface area contributed by atoms with E-state index in [0.717, 1.165) is 15.8 Å². The predicted octanol–water partition coefficient (Wildman–Crippen LogP) is 4.16. The van der Waals surface area contributed by atoms with Crippen LogP contribution in [0.5, 0.6) is 5.75 Å². The normalized spacial score (nSPS) is 11.9. The summed E-state index contributed by atoms with van der Waals surface area (Å²) in [7, 11) is 0. The van der Waals surface area contributed by atoms with Gasteiger partial charge in [-0.3, -0.25) is 4.79 Å². The number of benzene rings is 2. The molecule has 0 bridgehead atoms. The van der Waals surface area contributed by atoms with Crippen LogP contribution in [0.25, 0.3) is 0 Å². The highest BCUT2D eigenvalue weighted by atomic mass is 79.9. The predicted molar refractivity (Wildman–Crippen MR) is 85.5 cm³/mol. The van der Waals surface area contributed by atoms with Crippen LogP contribution in [0, 0.1) is 5.92 Å². The van der Waals surface area contributed by atoms with Crippen LogP contribution >= 0.6 is 15.9 Å². The van der Waals surface area contributed by atoms with Crippen LogP contribution in [0.3, 0.4) is 0 Å². The fourth-order valence-electron chi connectivity index (χ4n) is 2.05. The average Bonchev–Trinajstić information content (AvgIpc) is 2.49. The maximum absolute atomic E-state index is 11.3. The van der Waals surface area contributed by atoms with Crippen LogP contribution in [-0.2, 0) is 11.2 Å². The van der Waals surface area contributed by atoms with Crippen LogP contribution in [0.15, 0.2) is 59.1 Å². The van der Waals surface area contributed by atoms with Gasteiger partial charge >= 0.3 is 5.97 Å². The first-order valence-electron chi connectivity index (χ1n) is 6.80. The summed E-state index contributed by atoms with van der Waals surface area (Å²) < 4.78 is 6.56. The molecule has 1 N–H and O–H groups in total. The molecule has 110 valence electrons. The molecule has 0 saturated heterocycles. The zero-order valence-corrected chi connectivity index (χ0v) is 13.1. The Kier molecular flexibility index (Phi) is 5.81. The standard InChI is InChI=1S/C17H17BrO3/c18-15-8-6-13(7-9-15)12-14(17(19)20)10-11-21-16-4-2-1-3-5-16/h1-9,14H,10-12H2,(H,19,20). The lowest BCUT2D eigenvalue weighted by atomic mass is 9.97. The molecule has 4 heteroatoms. The van der Waals surface area contributed by atoms with E-state index in [-0.39, 0.29) is 0 Å². The zero-order chi connectivity index (χ0) is 15.1. The molecule has 0 aliphatic carbocycles. The minimum absolute atomic E-state index is 0.400. The second kappa shape index (κ2) is 7.84. The van der Waals surface area contributed by atoms with Crippen LogP contribution in [0.2, 0.25) is 0 Å². The smallest absolute Gasteiger partial charge is 0.306 e. The molecular weight excluding hydrogens is 332 g/mol. The van der Waals surface area contributed by atoms with Crippen molar-refractivity contribution in [3.63, 3.8) is 0 Å². The molecule has 2 rings (SSSR count). The maximum atomic E-state index is 11.3. The number of carboxylic acid groups (broad SMARTS) is 1. The molecule has 2 aromatic carbocycles. The van der Waals surface area contributed by atoms with Gasteiger partial charge in [0.25, 0.3) is 0 Å². The lowest BCUT2D eigenvalue weighted by molar-refractivity contribution is -0.142. The van der Waals surface area contributed by atoms with Crippen molar-refractivity contribution in [3.8, 4) is 5.75 Å². The third-order valence-corrected chi connectivity index (χ3v) is 3.75. The van der Waals surface area contributed by atoms with E-state index in [1.54, 1.807) is 0 Å². The summed E-state index contributed by atoms with van der Waals surface area (Å²) in [6, 6.07) is 17.2. The van der Waals surface area contributed by atoms with Crippen molar-refractivity contribution in [1.29, 1.82) is 0 Å². The quantitative estimate of drug-likeness (QED) is 0.816. The van der Waals surface area contributed by atoms with Gasteiger partial charge in [-0.05, 0) is 42.7 Å². The monoisotopic (exact) mass is 348 g/mol. The van der Waals surface area contributed by atoms with Crippen LogP contribution in [0.4, 0.5) is 0 Å². The van der Waals surface area contributed by atoms with Crippen molar-refractivity contribution in [2.75, 3.05) is 6.61 Å². The summed E-state index contributed by atoms with van der Waals surface area (Å²) in [5.41, 5.74) is 1.02. The maximum Gasteiger partial charge on any atom is 0.306 e. The fraction of sp³-hybridized carbons (Fsp3) is 0.235. The van der Waals surface area contributed by atoms with Gasteiger partial charge in [0.2, 0.25) is 0 Å². The summed E-state index contributed by atoms with van der Waals surface area (Å²) in [5.74, 6) is -0.449. The Labute approximate surface area is 132 Å². The fourth-order valence-corrected chi connectivity index (χ4v) is 2.32. The Bertz CT molecular complexity index is 566. The van der Waals surface area contributed by atoms with E-state index in [0.29, 0.717) is 19.4 Å². The van der Waals surface area contributed by atoms with Crippen LogP contribution < -0.4 is 4.74 Å². The van der Waals surface area contributed by atoms with Crippen molar-refractivity contribution in [2.45, 2.75) is 12.8 Å². The minimum Gasteiger partial charge on any atom is -0.494 e. The second-order valence-electron chi connectivity index (χ2n) is 4.82. The third kappa shape index (κ3) is 5.23. The average molecular weight is 349 g/mol. The van der Waals surface area contributed by atoms with Crippen molar-refractivity contribution < 1.29 is 14.6 Å². The van der Waals surface area contributed by atoms with E-state index < -0.39 is 11.9 Å². The zero-order valence-electron chi connectivity index (χ0n) is 11.5. The van der Waals surface area contributed by atoms with Crippen molar-refractivity contribution in [3.05, 3.63) is 64.6 Å². The van der Waals surface area contributed by atoms with Gasteiger partial charge in [-0.25, -0.2) is 0 Å². The first-order chi connectivity index (χ1) is 10.1. The Balaban J connectivity index is 1.87. The first-order valence-corrected chi connectivity index (χ1v) is 7.59. The lowest BCUT2D eigenvalue weighted by Gasteiger charge is -2.13. The third-order valence-electron chi connectivity index (χ3n) is 3.22. The molecule has 1 unspecified atom stereocenters. The van der Waals surface area contributed by atoms with E-state index in [4.69, 9.17) is 4.74 Å². The van der Waals surface area contributed by atoms with E-state index in [1.807, 2.05) is 54.6 Å². The van der Waals surface area contributed by atoms with E-state index >= 15 is 0 Å². The highest BCUT2D eigenvalue weighted by molar-refractivity contribution is 9.10. The number of ether oxygens (including phenoxy) is 1. The van der Waals surface area contributed by atoms with Crippen LogP contribution in [-0.4, -0.2) is 17.7 Å². The number of hydrogen-bond donors (Lipinski definition) is 1. The van der Waals surface area contributed by atoms with Crippen molar-refractivity contribution >= 4 is 21.9 Å². The molecule has 0 aliphatic rings. The molecule has 0 radical (unpaired) electrons. The molecular formula is C17H17BrO3. The molecule has 0 spiro atoms. The number of para-hydroxylation sites is 1. The van der Waals surface area contributed by atoms with Gasteiger partial charge in [0.15, 0.2) is 0 Å². The van der Waals surface area contributed by atoms with Crippen molar-refractivity contribution in [1.82, 2.24) is 0 Å². The molecule has 3 nitrogen and oxygen atoms in total. The second-order valence-corrected chi connectivity index (χ2v) is 5.73. The number of halogens is 1. The summed E-state index contributed by atoms with van der Waals surface area (Å²) >= 11 is 3.37. The SMILES string of the molecule is O=C(O)C(CCOc1ccccc1)Cc1ccc(Br)cc1. The van der Waals surface area contributed by atoms with Gasteiger partial charge in [-0.1, -0.05) is 46.3 Å². The van der Waals surface area contributed by atoms with E-state index in [1.165, 1.54) is 0 Å². The molecule has 0 fully saturated rings. The van der Waals surface area contributed by atoms with Gasteiger partial charge in [-0.2, -0.15) is 0 Å². The van der Waals surface area contributed by atoms with Gasteiger partial charge in [0.1, 0.15) is 5.75 Å². The van der Waals surface area contributed by atoms with E-state index in [2.05, 4.69) is 15.9 Å². The Morgan fingerprint density at radius 3 is 2.38 bits per heavy atom. The lowest BCUT2D eigenvalue weighted by Crippen LogP contribution is -2.19. The van der Waals surface area contributed by atoms with Gasteiger partial charge < -0.3 is 9.84 Å². The molecule has 0 amide bonds. The van der Waals surface area contributed by atoms with Crippen LogP contribution in [0.1, 0.15) is 12.0 Å². The Hall–Kier alpha value is -1.81. The first kappa shape index (κ1) is 15.6. The van der Waals surface area contributed by atoms with E-state index in [9.17, 15) is 9.90 Å².